The standard InChI is InChI=1S/C14H19ClN2O/c1-16-7-6-11(8-16)9-17(2)14-12(10-18)4-3-5-13(14)15/h3-5,10-11H,6-9H2,1-2H3. The third-order valence-electron chi connectivity index (χ3n) is 3.55. The molecule has 1 aromatic carbocycles. The van der Waals surface area contributed by atoms with E-state index < -0.39 is 0 Å². The fourth-order valence-electron chi connectivity index (χ4n) is 2.68. The lowest BCUT2D eigenvalue weighted by molar-refractivity contribution is 0.112. The molecule has 2 rings (SSSR count). The molecule has 0 saturated carbocycles. The molecular weight excluding hydrogens is 248 g/mol. The Morgan fingerprint density at radius 2 is 2.33 bits per heavy atom. The van der Waals surface area contributed by atoms with Crippen molar-refractivity contribution in [2.45, 2.75) is 6.42 Å². The predicted octanol–water partition coefficient (Wildman–Crippen LogP) is 2.54. The Morgan fingerprint density at radius 1 is 1.56 bits per heavy atom. The molecule has 0 aromatic heterocycles. The number of nitrogens with zero attached hydrogens (tertiary/aromatic N) is 2. The maximum Gasteiger partial charge on any atom is 0.152 e. The molecule has 0 aliphatic carbocycles. The first-order chi connectivity index (χ1) is 8.61. The lowest BCUT2D eigenvalue weighted by Crippen LogP contribution is -2.28. The number of likely N-dealkylation sites (tertiary alicyclic amines) is 1. The van der Waals surface area contributed by atoms with Gasteiger partial charge in [0.25, 0.3) is 0 Å². The normalized spacial score (nSPS) is 20.1. The minimum Gasteiger partial charge on any atom is -0.372 e. The van der Waals surface area contributed by atoms with Crippen LogP contribution in [0.3, 0.4) is 0 Å². The highest BCUT2D eigenvalue weighted by molar-refractivity contribution is 6.33. The highest BCUT2D eigenvalue weighted by Gasteiger charge is 2.22. The van der Waals surface area contributed by atoms with Gasteiger partial charge in [-0.3, -0.25) is 4.79 Å². The molecule has 98 valence electrons. The Kier molecular flexibility index (Phi) is 4.25. The van der Waals surface area contributed by atoms with E-state index in [2.05, 4.69) is 16.8 Å². The van der Waals surface area contributed by atoms with Gasteiger partial charge in [-0.25, -0.2) is 0 Å². The van der Waals surface area contributed by atoms with Gasteiger partial charge < -0.3 is 9.80 Å². The number of hydrogen-bond acceptors (Lipinski definition) is 3. The van der Waals surface area contributed by atoms with Crippen molar-refractivity contribution in [1.29, 1.82) is 0 Å². The van der Waals surface area contributed by atoms with Gasteiger partial charge in [-0.05, 0) is 38.1 Å². The molecule has 18 heavy (non-hydrogen) atoms. The van der Waals surface area contributed by atoms with Crippen molar-refractivity contribution in [3.8, 4) is 0 Å². The average Bonchev–Trinajstić information content (AvgIpc) is 2.74. The molecule has 1 aliphatic rings. The minimum absolute atomic E-state index is 0.647. The number of aldehydes is 1. The smallest absolute Gasteiger partial charge is 0.152 e. The van der Waals surface area contributed by atoms with Crippen LogP contribution in [-0.2, 0) is 0 Å². The van der Waals surface area contributed by atoms with Crippen molar-refractivity contribution in [2.24, 2.45) is 5.92 Å². The summed E-state index contributed by atoms with van der Waals surface area (Å²) in [6.07, 6.45) is 2.08. The van der Waals surface area contributed by atoms with Gasteiger partial charge in [0, 0.05) is 25.7 Å². The number of benzene rings is 1. The van der Waals surface area contributed by atoms with Crippen molar-refractivity contribution in [3.63, 3.8) is 0 Å². The minimum atomic E-state index is 0.647. The Hall–Kier alpha value is -1.06. The van der Waals surface area contributed by atoms with Crippen LogP contribution in [0.1, 0.15) is 16.8 Å². The summed E-state index contributed by atoms with van der Waals surface area (Å²) in [6.45, 7) is 3.21. The molecule has 1 fully saturated rings. The number of hydrogen-bond donors (Lipinski definition) is 0. The van der Waals surface area contributed by atoms with E-state index >= 15 is 0 Å². The molecule has 1 aliphatic heterocycles. The number of carbonyl (C=O) groups is 1. The van der Waals surface area contributed by atoms with Crippen LogP contribution < -0.4 is 4.90 Å². The number of para-hydroxylation sites is 1. The van der Waals surface area contributed by atoms with Gasteiger partial charge >= 0.3 is 0 Å². The number of rotatable bonds is 4. The monoisotopic (exact) mass is 266 g/mol. The SMILES string of the molecule is CN1CCC(CN(C)c2c(Cl)cccc2C=O)C1. The van der Waals surface area contributed by atoms with Crippen molar-refractivity contribution in [2.75, 3.05) is 38.6 Å². The molecule has 1 saturated heterocycles. The van der Waals surface area contributed by atoms with Crippen LogP contribution in [0.15, 0.2) is 18.2 Å². The van der Waals surface area contributed by atoms with Gasteiger partial charge in [-0.2, -0.15) is 0 Å². The maximum atomic E-state index is 11.1. The van der Waals surface area contributed by atoms with Gasteiger partial charge in [0.15, 0.2) is 6.29 Å². The third kappa shape index (κ3) is 2.85. The first-order valence-corrected chi connectivity index (χ1v) is 6.63. The summed E-state index contributed by atoms with van der Waals surface area (Å²) in [7, 11) is 4.15. The van der Waals surface area contributed by atoms with Crippen molar-refractivity contribution in [1.82, 2.24) is 4.90 Å². The fourth-order valence-corrected chi connectivity index (χ4v) is 3.01. The van der Waals surface area contributed by atoms with Crippen LogP contribution in [-0.4, -0.2) is 44.9 Å². The van der Waals surface area contributed by atoms with Crippen LogP contribution in [0.4, 0.5) is 5.69 Å². The molecular formula is C14H19ClN2O. The van der Waals surface area contributed by atoms with E-state index in [1.807, 2.05) is 25.2 Å². The molecule has 0 N–H and O–H groups in total. The van der Waals surface area contributed by atoms with Gasteiger partial charge in [0.05, 0.1) is 10.7 Å². The lowest BCUT2D eigenvalue weighted by atomic mass is 10.1. The third-order valence-corrected chi connectivity index (χ3v) is 3.85. The largest absolute Gasteiger partial charge is 0.372 e. The zero-order valence-corrected chi connectivity index (χ0v) is 11.7. The van der Waals surface area contributed by atoms with Crippen LogP contribution in [0.5, 0.6) is 0 Å². The number of carbonyl (C=O) groups excluding carboxylic acids is 1. The second-order valence-corrected chi connectivity index (χ2v) is 5.50. The van der Waals surface area contributed by atoms with Crippen LogP contribution in [0.2, 0.25) is 5.02 Å². The van der Waals surface area contributed by atoms with E-state index in [0.717, 1.165) is 31.6 Å². The molecule has 0 radical (unpaired) electrons. The maximum absolute atomic E-state index is 11.1. The molecule has 1 heterocycles. The first-order valence-electron chi connectivity index (χ1n) is 6.25. The average molecular weight is 267 g/mol. The number of anilines is 1. The predicted molar refractivity (Wildman–Crippen MR) is 75.7 cm³/mol. The summed E-state index contributed by atoms with van der Waals surface area (Å²) >= 11 is 6.21. The van der Waals surface area contributed by atoms with Crippen LogP contribution in [0, 0.1) is 5.92 Å². The summed E-state index contributed by atoms with van der Waals surface area (Å²) in [6, 6.07) is 5.46. The Balaban J connectivity index is 2.13. The van der Waals surface area contributed by atoms with E-state index in [-0.39, 0.29) is 0 Å². The summed E-state index contributed by atoms with van der Waals surface area (Å²) in [5.41, 5.74) is 1.51. The van der Waals surface area contributed by atoms with E-state index in [1.165, 1.54) is 6.42 Å². The molecule has 1 unspecified atom stereocenters. The molecule has 0 amide bonds. The highest BCUT2D eigenvalue weighted by atomic mass is 35.5. The van der Waals surface area contributed by atoms with E-state index in [9.17, 15) is 4.79 Å². The molecule has 3 nitrogen and oxygen atoms in total. The quantitative estimate of drug-likeness (QED) is 0.783. The Labute approximate surface area is 113 Å². The van der Waals surface area contributed by atoms with Gasteiger partial charge in [0.1, 0.15) is 0 Å². The zero-order valence-electron chi connectivity index (χ0n) is 10.9. The Bertz CT molecular complexity index is 436. The number of halogens is 1. The van der Waals surface area contributed by atoms with Gasteiger partial charge in [-0.15, -0.1) is 0 Å². The van der Waals surface area contributed by atoms with Crippen LogP contribution in [0.25, 0.3) is 0 Å². The second-order valence-electron chi connectivity index (χ2n) is 5.09. The van der Waals surface area contributed by atoms with Crippen molar-refractivity contribution in [3.05, 3.63) is 28.8 Å². The van der Waals surface area contributed by atoms with Crippen molar-refractivity contribution >= 4 is 23.6 Å². The summed E-state index contributed by atoms with van der Waals surface area (Å²) < 4.78 is 0. The lowest BCUT2D eigenvalue weighted by Gasteiger charge is -2.25. The topological polar surface area (TPSA) is 23.6 Å². The van der Waals surface area contributed by atoms with Crippen molar-refractivity contribution < 1.29 is 4.79 Å². The summed E-state index contributed by atoms with van der Waals surface area (Å²) in [4.78, 5) is 15.5. The highest BCUT2D eigenvalue weighted by Crippen LogP contribution is 2.29. The molecule has 0 bridgehead atoms. The summed E-state index contributed by atoms with van der Waals surface area (Å²) in [5, 5.41) is 0.647. The van der Waals surface area contributed by atoms with E-state index in [4.69, 9.17) is 11.6 Å². The molecule has 4 heteroatoms. The fraction of sp³-hybridized carbons (Fsp3) is 0.500. The van der Waals surface area contributed by atoms with Crippen LogP contribution >= 0.6 is 11.6 Å². The second kappa shape index (κ2) is 5.72. The molecule has 0 spiro atoms. The first kappa shape index (κ1) is 13.4. The van der Waals surface area contributed by atoms with E-state index in [0.29, 0.717) is 16.5 Å². The molecule has 1 aromatic rings. The zero-order chi connectivity index (χ0) is 13.1. The molecule has 1 atom stereocenters. The van der Waals surface area contributed by atoms with E-state index in [1.54, 1.807) is 0 Å². The van der Waals surface area contributed by atoms with Gasteiger partial charge in [-0.1, -0.05) is 17.7 Å². The van der Waals surface area contributed by atoms with Gasteiger partial charge in [0.2, 0.25) is 0 Å². The summed E-state index contributed by atoms with van der Waals surface area (Å²) in [5.74, 6) is 0.649. The Morgan fingerprint density at radius 3 is 2.94 bits per heavy atom.